The summed E-state index contributed by atoms with van der Waals surface area (Å²) in [6.07, 6.45) is 6.62. The molecule has 2 aliphatic rings. The first-order valence-corrected chi connectivity index (χ1v) is 10.5. The van der Waals surface area contributed by atoms with Gasteiger partial charge in [-0.05, 0) is 62.5 Å². The number of hydrogen-bond donors (Lipinski definition) is 0. The van der Waals surface area contributed by atoms with Gasteiger partial charge in [0.05, 0.1) is 0 Å². The van der Waals surface area contributed by atoms with Gasteiger partial charge in [0, 0.05) is 24.2 Å². The number of benzene rings is 2. The first-order chi connectivity index (χ1) is 12.8. The summed E-state index contributed by atoms with van der Waals surface area (Å²) >= 11 is 0. The summed E-state index contributed by atoms with van der Waals surface area (Å²) in [5, 5.41) is 0. The van der Waals surface area contributed by atoms with Gasteiger partial charge >= 0.3 is 0 Å². The lowest BCUT2D eigenvalue weighted by molar-refractivity contribution is 0.227. The number of hydrogen-bond acceptors (Lipinski definition) is 2. The van der Waals surface area contributed by atoms with Crippen molar-refractivity contribution in [3.63, 3.8) is 0 Å². The van der Waals surface area contributed by atoms with Crippen LogP contribution in [0.15, 0.2) is 54.6 Å². The highest BCUT2D eigenvalue weighted by molar-refractivity contribution is 5.66. The van der Waals surface area contributed by atoms with Crippen molar-refractivity contribution >= 4 is 5.69 Å². The molecule has 1 unspecified atom stereocenters. The van der Waals surface area contributed by atoms with E-state index in [1.807, 2.05) is 0 Å². The van der Waals surface area contributed by atoms with Gasteiger partial charge in [0.25, 0.3) is 0 Å². The average Bonchev–Trinajstić information content (AvgIpc) is 3.05. The number of likely N-dealkylation sites (tertiary alicyclic amines) is 1. The van der Waals surface area contributed by atoms with E-state index in [1.54, 1.807) is 0 Å². The Bertz CT molecular complexity index is 705. The molecule has 0 spiro atoms. The molecule has 0 aliphatic carbocycles. The molecule has 0 radical (unpaired) electrons. The van der Waals surface area contributed by atoms with Gasteiger partial charge in [-0.2, -0.15) is 0 Å². The van der Waals surface area contributed by atoms with E-state index in [4.69, 9.17) is 0 Å². The first kappa shape index (κ1) is 17.6. The summed E-state index contributed by atoms with van der Waals surface area (Å²) in [4.78, 5) is 5.31. The number of fused-ring (bicyclic) bond motifs is 1. The Labute approximate surface area is 158 Å². The average molecular weight is 349 g/mol. The van der Waals surface area contributed by atoms with E-state index >= 15 is 0 Å². The molecule has 2 heterocycles. The van der Waals surface area contributed by atoms with Crippen molar-refractivity contribution in [1.82, 2.24) is 4.90 Å². The first-order valence-electron chi connectivity index (χ1n) is 10.5. The minimum absolute atomic E-state index is 0.142. The van der Waals surface area contributed by atoms with Crippen LogP contribution in [0.25, 0.3) is 0 Å². The fourth-order valence-corrected chi connectivity index (χ4v) is 5.03. The van der Waals surface area contributed by atoms with Crippen molar-refractivity contribution in [2.45, 2.75) is 44.4 Å². The lowest BCUT2D eigenvalue weighted by Crippen LogP contribution is -2.36. The zero-order chi connectivity index (χ0) is 17.8. The topological polar surface area (TPSA) is 6.48 Å². The van der Waals surface area contributed by atoms with Crippen LogP contribution < -0.4 is 4.90 Å². The Hall–Kier alpha value is -1.80. The lowest BCUT2D eigenvalue weighted by Gasteiger charge is -2.31. The van der Waals surface area contributed by atoms with E-state index in [0.717, 1.165) is 13.0 Å². The zero-order valence-electron chi connectivity index (χ0n) is 16.2. The summed E-state index contributed by atoms with van der Waals surface area (Å²) in [7, 11) is 0. The molecule has 0 saturated carbocycles. The highest BCUT2D eigenvalue weighted by Gasteiger charge is 2.42. The number of nitrogens with zero attached hydrogens (tertiary/aromatic N) is 2. The Morgan fingerprint density at radius 3 is 2.35 bits per heavy atom. The molecule has 1 fully saturated rings. The van der Waals surface area contributed by atoms with Gasteiger partial charge in [0.15, 0.2) is 0 Å². The SMILES string of the molecule is CCC1(c2ccccc2)CN(CCCN2CCCCC2)c2ccccc21. The van der Waals surface area contributed by atoms with Crippen LogP contribution in [-0.2, 0) is 5.41 Å². The van der Waals surface area contributed by atoms with Crippen LogP contribution in [0.2, 0.25) is 0 Å². The molecule has 0 amide bonds. The van der Waals surface area contributed by atoms with E-state index < -0.39 is 0 Å². The van der Waals surface area contributed by atoms with Crippen molar-refractivity contribution < 1.29 is 0 Å². The second-order valence-electron chi connectivity index (χ2n) is 8.00. The summed E-state index contributed by atoms with van der Waals surface area (Å²) in [6, 6.07) is 20.2. The van der Waals surface area contributed by atoms with Crippen LogP contribution in [0, 0.1) is 0 Å². The lowest BCUT2D eigenvalue weighted by atomic mass is 9.74. The van der Waals surface area contributed by atoms with Crippen molar-refractivity contribution in [3.8, 4) is 0 Å². The molecule has 1 atom stereocenters. The van der Waals surface area contributed by atoms with Crippen LogP contribution in [-0.4, -0.2) is 37.6 Å². The van der Waals surface area contributed by atoms with Crippen molar-refractivity contribution in [1.29, 1.82) is 0 Å². The Kier molecular flexibility index (Phi) is 5.31. The third kappa shape index (κ3) is 3.27. The van der Waals surface area contributed by atoms with Crippen molar-refractivity contribution in [2.75, 3.05) is 37.6 Å². The normalized spacial score (nSPS) is 23.2. The fourth-order valence-electron chi connectivity index (χ4n) is 5.03. The molecule has 1 saturated heterocycles. The van der Waals surface area contributed by atoms with Gasteiger partial charge in [0.1, 0.15) is 0 Å². The number of anilines is 1. The van der Waals surface area contributed by atoms with Gasteiger partial charge < -0.3 is 9.80 Å². The van der Waals surface area contributed by atoms with Crippen LogP contribution in [0.5, 0.6) is 0 Å². The smallest absolute Gasteiger partial charge is 0.0409 e. The molecule has 0 aromatic heterocycles. The summed E-state index contributed by atoms with van der Waals surface area (Å²) in [5.41, 5.74) is 4.58. The fraction of sp³-hybridized carbons (Fsp3) is 0.500. The predicted molar refractivity (Wildman–Crippen MR) is 111 cm³/mol. The molecule has 0 bridgehead atoms. The van der Waals surface area contributed by atoms with E-state index in [1.165, 1.54) is 68.7 Å². The van der Waals surface area contributed by atoms with Crippen molar-refractivity contribution in [3.05, 3.63) is 65.7 Å². The molecular formula is C24H32N2. The summed E-state index contributed by atoms with van der Waals surface area (Å²) < 4.78 is 0. The molecule has 2 heteroatoms. The highest BCUT2D eigenvalue weighted by atomic mass is 15.2. The molecule has 2 aliphatic heterocycles. The maximum absolute atomic E-state index is 2.66. The molecule has 2 aromatic carbocycles. The van der Waals surface area contributed by atoms with Gasteiger partial charge in [-0.15, -0.1) is 0 Å². The zero-order valence-corrected chi connectivity index (χ0v) is 16.2. The van der Waals surface area contributed by atoms with E-state index in [2.05, 4.69) is 71.3 Å². The van der Waals surface area contributed by atoms with E-state index in [9.17, 15) is 0 Å². The Morgan fingerprint density at radius 2 is 1.58 bits per heavy atom. The van der Waals surface area contributed by atoms with Crippen LogP contribution in [0.4, 0.5) is 5.69 Å². The number of rotatable bonds is 6. The molecular weight excluding hydrogens is 316 g/mol. The summed E-state index contributed by atoms with van der Waals surface area (Å²) in [6.45, 7) is 8.50. The van der Waals surface area contributed by atoms with Gasteiger partial charge in [-0.3, -0.25) is 0 Å². The van der Waals surface area contributed by atoms with E-state index in [0.29, 0.717) is 0 Å². The minimum atomic E-state index is 0.142. The second-order valence-corrected chi connectivity index (χ2v) is 8.00. The third-order valence-electron chi connectivity index (χ3n) is 6.50. The monoisotopic (exact) mass is 348 g/mol. The second kappa shape index (κ2) is 7.84. The Balaban J connectivity index is 1.52. The molecule has 4 rings (SSSR count). The quantitative estimate of drug-likeness (QED) is 0.718. The van der Waals surface area contributed by atoms with Gasteiger partial charge in [-0.1, -0.05) is 61.9 Å². The maximum Gasteiger partial charge on any atom is 0.0409 e. The largest absolute Gasteiger partial charge is 0.370 e. The molecule has 0 N–H and O–H groups in total. The van der Waals surface area contributed by atoms with Gasteiger partial charge in [0.2, 0.25) is 0 Å². The van der Waals surface area contributed by atoms with Crippen LogP contribution in [0.1, 0.15) is 50.2 Å². The number of piperidine rings is 1. The third-order valence-corrected chi connectivity index (χ3v) is 6.50. The molecule has 2 aromatic rings. The van der Waals surface area contributed by atoms with Crippen LogP contribution in [0.3, 0.4) is 0 Å². The molecule has 26 heavy (non-hydrogen) atoms. The van der Waals surface area contributed by atoms with Crippen molar-refractivity contribution in [2.24, 2.45) is 0 Å². The molecule has 2 nitrogen and oxygen atoms in total. The predicted octanol–water partition coefficient (Wildman–Crippen LogP) is 5.08. The van der Waals surface area contributed by atoms with Gasteiger partial charge in [-0.25, -0.2) is 0 Å². The minimum Gasteiger partial charge on any atom is -0.370 e. The highest BCUT2D eigenvalue weighted by Crippen LogP contribution is 2.47. The van der Waals surface area contributed by atoms with E-state index in [-0.39, 0.29) is 5.41 Å². The molecule has 138 valence electrons. The standard InChI is InChI=1S/C24H32N2/c1-2-24(21-12-5-3-6-13-21)20-26(23-15-8-7-14-22(23)24)19-11-18-25-16-9-4-10-17-25/h3,5-8,12-15H,2,4,9-11,16-20H2,1H3. The summed E-state index contributed by atoms with van der Waals surface area (Å²) in [5.74, 6) is 0. The van der Waals surface area contributed by atoms with Crippen LogP contribution >= 0.6 is 0 Å². The number of para-hydroxylation sites is 1. The Morgan fingerprint density at radius 1 is 0.846 bits per heavy atom. The maximum atomic E-state index is 2.66.